The number of aromatic hydroxyl groups is 1. The van der Waals surface area contributed by atoms with Crippen LogP contribution in [-0.2, 0) is 19.1 Å². The van der Waals surface area contributed by atoms with Gasteiger partial charge in [-0.1, -0.05) is 18.2 Å². The molecule has 0 fully saturated rings. The Morgan fingerprint density at radius 2 is 1.86 bits per heavy atom. The summed E-state index contributed by atoms with van der Waals surface area (Å²) in [4.78, 5) is 14.3. The highest BCUT2D eigenvalue weighted by Gasteiger charge is 2.31. The van der Waals surface area contributed by atoms with E-state index < -0.39 is 11.7 Å². The summed E-state index contributed by atoms with van der Waals surface area (Å²) in [6.07, 6.45) is -3.80. The Kier molecular flexibility index (Phi) is 4.37. The third-order valence-corrected chi connectivity index (χ3v) is 4.78. The molecule has 1 aliphatic rings. The van der Waals surface area contributed by atoms with Crippen LogP contribution in [0.15, 0.2) is 59.0 Å². The summed E-state index contributed by atoms with van der Waals surface area (Å²) in [7, 11) is 0. The van der Waals surface area contributed by atoms with Crippen molar-refractivity contribution in [2.24, 2.45) is 0 Å². The number of phenolic OH excluding ortho intramolecular Hbond substituents is 1. The molecule has 144 valence electrons. The third-order valence-electron chi connectivity index (χ3n) is 4.78. The zero-order valence-corrected chi connectivity index (χ0v) is 14.7. The maximum atomic E-state index is 12.9. The predicted octanol–water partition coefficient (Wildman–Crippen LogP) is 4.87. The fourth-order valence-electron chi connectivity index (χ4n) is 3.33. The number of benzene rings is 2. The number of carbonyl (C=O) groups is 1. The van der Waals surface area contributed by atoms with E-state index in [9.17, 15) is 23.1 Å². The van der Waals surface area contributed by atoms with Crippen molar-refractivity contribution in [2.45, 2.75) is 19.1 Å². The van der Waals surface area contributed by atoms with E-state index in [1.54, 1.807) is 17.0 Å². The lowest BCUT2D eigenvalue weighted by Crippen LogP contribution is -2.35. The van der Waals surface area contributed by atoms with Gasteiger partial charge in [0.05, 0.1) is 5.56 Å². The predicted molar refractivity (Wildman–Crippen MR) is 95.7 cm³/mol. The molecular weight excluding hydrogens is 371 g/mol. The number of hydrogen-bond acceptors (Lipinski definition) is 3. The van der Waals surface area contributed by atoms with Crippen molar-refractivity contribution in [3.63, 3.8) is 0 Å². The Balaban J connectivity index is 1.56. The van der Waals surface area contributed by atoms with Crippen molar-refractivity contribution in [1.29, 1.82) is 0 Å². The fraction of sp³-hybridized carbons (Fsp3) is 0.190. The molecule has 0 spiro atoms. The van der Waals surface area contributed by atoms with Gasteiger partial charge >= 0.3 is 6.18 Å². The largest absolute Gasteiger partial charge is 0.508 e. The molecule has 1 N–H and O–H groups in total. The van der Waals surface area contributed by atoms with Gasteiger partial charge in [-0.3, -0.25) is 4.79 Å². The summed E-state index contributed by atoms with van der Waals surface area (Å²) >= 11 is 0. The second kappa shape index (κ2) is 6.74. The molecule has 0 radical (unpaired) electrons. The molecule has 4 nitrogen and oxygen atoms in total. The molecule has 0 aliphatic carbocycles. The Bertz CT molecular complexity index is 1040. The van der Waals surface area contributed by atoms with Gasteiger partial charge < -0.3 is 14.4 Å². The molecule has 1 aromatic heterocycles. The van der Waals surface area contributed by atoms with Gasteiger partial charge in [-0.25, -0.2) is 0 Å². The Hall–Kier alpha value is -3.22. The quantitative estimate of drug-likeness (QED) is 0.683. The van der Waals surface area contributed by atoms with E-state index in [-0.39, 0.29) is 28.7 Å². The van der Waals surface area contributed by atoms with Crippen LogP contribution in [0.1, 0.15) is 27.2 Å². The molecule has 1 aliphatic heterocycles. The lowest BCUT2D eigenvalue weighted by molar-refractivity contribution is -0.137. The molecule has 2 aromatic carbocycles. The number of nitrogens with zero attached hydrogens (tertiary/aromatic N) is 1. The van der Waals surface area contributed by atoms with Crippen LogP contribution in [0.25, 0.3) is 11.3 Å². The van der Waals surface area contributed by atoms with E-state index in [1.165, 1.54) is 24.3 Å². The van der Waals surface area contributed by atoms with Crippen molar-refractivity contribution < 1.29 is 27.5 Å². The SMILES string of the molecule is O=C(c1ccc(-c2cccc(C(F)(F)F)c2)o1)N1CCc2ccc(O)cc2C1. The minimum atomic E-state index is -4.45. The standard InChI is InChI=1S/C21H16F3NO3/c22-21(23,24)16-3-1-2-14(10-16)18-6-7-19(28-18)20(27)25-9-8-13-4-5-17(26)11-15(13)12-25/h1-7,10-11,26H,8-9,12H2. The van der Waals surface area contributed by atoms with E-state index in [2.05, 4.69) is 0 Å². The number of halogens is 3. The average molecular weight is 387 g/mol. The van der Waals surface area contributed by atoms with Gasteiger partial charge in [-0.2, -0.15) is 13.2 Å². The third kappa shape index (κ3) is 3.47. The van der Waals surface area contributed by atoms with Crippen LogP contribution >= 0.6 is 0 Å². The average Bonchev–Trinajstić information content (AvgIpc) is 3.16. The molecule has 0 atom stereocenters. The van der Waals surface area contributed by atoms with Crippen LogP contribution in [0.2, 0.25) is 0 Å². The maximum absolute atomic E-state index is 12.9. The second-order valence-electron chi connectivity index (χ2n) is 6.67. The van der Waals surface area contributed by atoms with Crippen LogP contribution in [0.3, 0.4) is 0 Å². The van der Waals surface area contributed by atoms with Gasteiger partial charge in [0.25, 0.3) is 5.91 Å². The Morgan fingerprint density at radius 3 is 2.64 bits per heavy atom. The molecule has 0 saturated heterocycles. The van der Waals surface area contributed by atoms with Crippen LogP contribution in [0.5, 0.6) is 5.75 Å². The number of phenols is 1. The maximum Gasteiger partial charge on any atom is 0.416 e. The summed E-state index contributed by atoms with van der Waals surface area (Å²) in [6, 6.07) is 12.8. The van der Waals surface area contributed by atoms with Crippen LogP contribution in [-0.4, -0.2) is 22.5 Å². The van der Waals surface area contributed by atoms with E-state index >= 15 is 0 Å². The lowest BCUT2D eigenvalue weighted by Gasteiger charge is -2.28. The molecular formula is C21H16F3NO3. The first-order valence-corrected chi connectivity index (χ1v) is 8.69. The van der Waals surface area contributed by atoms with Gasteiger partial charge in [0.2, 0.25) is 0 Å². The smallest absolute Gasteiger partial charge is 0.416 e. The van der Waals surface area contributed by atoms with Crippen molar-refractivity contribution >= 4 is 5.91 Å². The monoisotopic (exact) mass is 387 g/mol. The molecule has 3 aromatic rings. The van der Waals surface area contributed by atoms with Gasteiger partial charge in [0.1, 0.15) is 11.5 Å². The normalized spacial score (nSPS) is 14.0. The van der Waals surface area contributed by atoms with Crippen molar-refractivity contribution in [3.8, 4) is 17.1 Å². The highest BCUT2D eigenvalue weighted by atomic mass is 19.4. The first-order chi connectivity index (χ1) is 13.3. The molecule has 0 unspecified atom stereocenters. The second-order valence-corrected chi connectivity index (χ2v) is 6.67. The van der Waals surface area contributed by atoms with Crippen molar-refractivity contribution in [1.82, 2.24) is 4.90 Å². The van der Waals surface area contributed by atoms with Crippen LogP contribution in [0.4, 0.5) is 13.2 Å². The molecule has 2 heterocycles. The van der Waals surface area contributed by atoms with E-state index in [0.717, 1.165) is 23.3 Å². The Labute approximate surface area is 158 Å². The minimum Gasteiger partial charge on any atom is -0.508 e. The molecule has 7 heteroatoms. The summed E-state index contributed by atoms with van der Waals surface area (Å²) in [6.45, 7) is 0.832. The van der Waals surface area contributed by atoms with Crippen molar-refractivity contribution in [2.75, 3.05) is 6.54 Å². The molecule has 4 rings (SSSR count). The number of amides is 1. The number of carbonyl (C=O) groups excluding carboxylic acids is 1. The summed E-state index contributed by atoms with van der Waals surface area (Å²) < 4.78 is 44.3. The lowest BCUT2D eigenvalue weighted by atomic mass is 9.99. The molecule has 0 saturated carbocycles. The number of fused-ring (bicyclic) bond motifs is 1. The summed E-state index contributed by atoms with van der Waals surface area (Å²) in [5.74, 6) is 0.0608. The number of rotatable bonds is 2. The summed E-state index contributed by atoms with van der Waals surface area (Å²) in [5.41, 5.74) is 1.42. The first kappa shape index (κ1) is 18.2. The van der Waals surface area contributed by atoms with Gasteiger partial charge in [0, 0.05) is 18.7 Å². The highest BCUT2D eigenvalue weighted by Crippen LogP contribution is 2.33. The van der Waals surface area contributed by atoms with Crippen LogP contribution < -0.4 is 0 Å². The van der Waals surface area contributed by atoms with Crippen molar-refractivity contribution in [3.05, 3.63) is 77.0 Å². The van der Waals surface area contributed by atoms with Gasteiger partial charge in [-0.15, -0.1) is 0 Å². The zero-order chi connectivity index (χ0) is 19.9. The van der Waals surface area contributed by atoms with E-state index in [0.29, 0.717) is 19.5 Å². The minimum absolute atomic E-state index is 0.0658. The molecule has 0 bridgehead atoms. The topological polar surface area (TPSA) is 53.7 Å². The highest BCUT2D eigenvalue weighted by molar-refractivity contribution is 5.92. The molecule has 1 amide bonds. The van der Waals surface area contributed by atoms with Crippen LogP contribution in [0, 0.1) is 0 Å². The number of hydrogen-bond donors (Lipinski definition) is 1. The zero-order valence-electron chi connectivity index (χ0n) is 14.7. The van der Waals surface area contributed by atoms with Gasteiger partial charge in [0.15, 0.2) is 5.76 Å². The Morgan fingerprint density at radius 1 is 1.04 bits per heavy atom. The number of furan rings is 1. The fourth-order valence-corrected chi connectivity index (χ4v) is 3.33. The van der Waals surface area contributed by atoms with E-state index in [1.807, 2.05) is 6.07 Å². The van der Waals surface area contributed by atoms with E-state index in [4.69, 9.17) is 4.42 Å². The van der Waals surface area contributed by atoms with Gasteiger partial charge in [-0.05, 0) is 53.9 Å². The molecule has 28 heavy (non-hydrogen) atoms. The first-order valence-electron chi connectivity index (χ1n) is 8.69. The summed E-state index contributed by atoms with van der Waals surface area (Å²) in [5, 5.41) is 9.64. The number of alkyl halides is 3.